The second-order valence-electron chi connectivity index (χ2n) is 9.26. The van der Waals surface area contributed by atoms with Gasteiger partial charge in [0, 0.05) is 43.5 Å². The Bertz CT molecular complexity index is 1100. The number of nitrogens with one attached hydrogen (secondary N) is 1. The fraction of sp³-hybridized carbons (Fsp3) is 0.444. The van der Waals surface area contributed by atoms with E-state index in [1.54, 1.807) is 0 Å². The summed E-state index contributed by atoms with van der Waals surface area (Å²) in [5.74, 6) is 1.66. The molecule has 2 aliphatic rings. The van der Waals surface area contributed by atoms with Crippen LogP contribution in [0.15, 0.2) is 46.9 Å². The summed E-state index contributed by atoms with van der Waals surface area (Å²) in [7, 11) is 0. The number of rotatable bonds is 7. The van der Waals surface area contributed by atoms with Crippen molar-refractivity contribution in [3.8, 4) is 5.75 Å². The number of furan rings is 1. The molecule has 0 bridgehead atoms. The second kappa shape index (κ2) is 9.98. The van der Waals surface area contributed by atoms with Crippen LogP contribution in [0.25, 0.3) is 11.0 Å². The minimum absolute atomic E-state index is 0.00948. The molecule has 0 unspecified atom stereocenters. The Hall–Kier alpha value is -2.83. The zero-order valence-corrected chi connectivity index (χ0v) is 19.0. The van der Waals surface area contributed by atoms with E-state index < -0.39 is 0 Å². The van der Waals surface area contributed by atoms with Crippen molar-refractivity contribution in [2.45, 2.75) is 57.7 Å². The summed E-state index contributed by atoms with van der Waals surface area (Å²) in [4.78, 5) is 14.7. The molecule has 6 nitrogen and oxygen atoms in total. The molecule has 0 saturated carbocycles. The van der Waals surface area contributed by atoms with Crippen molar-refractivity contribution in [1.82, 2.24) is 10.2 Å². The number of aryl methyl sites for hydroxylation is 2. The number of nitrogens with zero attached hydrogens (tertiary/aromatic N) is 1. The van der Waals surface area contributed by atoms with Gasteiger partial charge in [-0.2, -0.15) is 0 Å². The van der Waals surface area contributed by atoms with E-state index in [4.69, 9.17) is 9.15 Å². The molecule has 2 aromatic carbocycles. The van der Waals surface area contributed by atoms with Crippen molar-refractivity contribution in [2.24, 2.45) is 0 Å². The van der Waals surface area contributed by atoms with E-state index in [0.717, 1.165) is 67.6 Å². The molecule has 1 aliphatic heterocycles. The number of benzene rings is 2. The highest BCUT2D eigenvalue weighted by Crippen LogP contribution is 2.33. The van der Waals surface area contributed by atoms with Crippen molar-refractivity contribution in [3.05, 3.63) is 64.9 Å². The molecule has 6 heteroatoms. The summed E-state index contributed by atoms with van der Waals surface area (Å²) in [5.41, 5.74) is 4.52. The van der Waals surface area contributed by atoms with Crippen LogP contribution >= 0.6 is 0 Å². The van der Waals surface area contributed by atoms with E-state index in [1.807, 2.05) is 18.2 Å². The summed E-state index contributed by atoms with van der Waals surface area (Å²) in [5, 5.41) is 13.7. The van der Waals surface area contributed by atoms with Gasteiger partial charge in [-0.15, -0.1) is 0 Å². The number of aliphatic hydroxyl groups excluding tert-OH is 1. The third-order valence-corrected chi connectivity index (χ3v) is 6.77. The van der Waals surface area contributed by atoms with Gasteiger partial charge >= 0.3 is 0 Å². The first-order valence-electron chi connectivity index (χ1n) is 12.1. The normalized spacial score (nSPS) is 17.1. The zero-order chi connectivity index (χ0) is 22.6. The van der Waals surface area contributed by atoms with Crippen molar-refractivity contribution >= 4 is 16.9 Å². The molecule has 1 saturated heterocycles. The maximum absolute atomic E-state index is 12.3. The lowest BCUT2D eigenvalue weighted by molar-refractivity contribution is -0.123. The van der Waals surface area contributed by atoms with Gasteiger partial charge < -0.3 is 19.6 Å². The van der Waals surface area contributed by atoms with E-state index in [-0.39, 0.29) is 18.6 Å². The predicted molar refractivity (Wildman–Crippen MR) is 127 cm³/mol. The van der Waals surface area contributed by atoms with Crippen LogP contribution in [0.1, 0.15) is 48.1 Å². The number of piperidine rings is 1. The molecule has 1 amide bonds. The SMILES string of the molecule is O=C(COc1ccc2oc3c(c2c1)CCCC3)NCc1ccc(CN2CCC(O)CC2)cc1. The van der Waals surface area contributed by atoms with Crippen LogP contribution in [0.2, 0.25) is 0 Å². The Labute approximate surface area is 194 Å². The highest BCUT2D eigenvalue weighted by molar-refractivity contribution is 5.84. The fourth-order valence-electron chi connectivity index (χ4n) is 4.83. The zero-order valence-electron chi connectivity index (χ0n) is 19.0. The first-order valence-corrected chi connectivity index (χ1v) is 12.1. The highest BCUT2D eigenvalue weighted by atomic mass is 16.5. The van der Waals surface area contributed by atoms with E-state index in [2.05, 4.69) is 34.5 Å². The average Bonchev–Trinajstić information content (AvgIpc) is 3.22. The molecule has 5 rings (SSSR count). The number of aliphatic hydroxyl groups is 1. The van der Waals surface area contributed by atoms with Gasteiger partial charge in [-0.05, 0) is 61.4 Å². The number of fused-ring (bicyclic) bond motifs is 3. The smallest absolute Gasteiger partial charge is 0.258 e. The second-order valence-corrected chi connectivity index (χ2v) is 9.26. The number of hydrogen-bond acceptors (Lipinski definition) is 5. The maximum Gasteiger partial charge on any atom is 0.258 e. The topological polar surface area (TPSA) is 74.9 Å². The quantitative estimate of drug-likeness (QED) is 0.572. The molecule has 174 valence electrons. The summed E-state index contributed by atoms with van der Waals surface area (Å²) >= 11 is 0. The predicted octanol–water partition coefficient (Wildman–Crippen LogP) is 3.96. The first kappa shape index (κ1) is 22.0. The number of carbonyl (C=O) groups is 1. The van der Waals surface area contributed by atoms with Gasteiger partial charge in [-0.1, -0.05) is 24.3 Å². The van der Waals surface area contributed by atoms with Crippen LogP contribution < -0.4 is 10.1 Å². The molecule has 2 heterocycles. The Balaban J connectivity index is 1.09. The number of likely N-dealkylation sites (tertiary alicyclic amines) is 1. The van der Waals surface area contributed by atoms with E-state index >= 15 is 0 Å². The van der Waals surface area contributed by atoms with Crippen molar-refractivity contribution in [1.29, 1.82) is 0 Å². The third kappa shape index (κ3) is 5.40. The summed E-state index contributed by atoms with van der Waals surface area (Å²) < 4.78 is 11.7. The standard InChI is InChI=1S/C27H32N2O4/c30-21-11-13-29(14-12-21)17-20-7-5-19(6-8-20)16-28-27(31)18-32-22-9-10-26-24(15-22)23-3-1-2-4-25(23)33-26/h5-10,15,21,30H,1-4,11-14,16-18H2,(H,28,31). The summed E-state index contributed by atoms with van der Waals surface area (Å²) in [6.45, 7) is 3.25. The van der Waals surface area contributed by atoms with Crippen molar-refractivity contribution in [3.63, 3.8) is 0 Å². The van der Waals surface area contributed by atoms with Gasteiger partial charge in [0.05, 0.1) is 6.10 Å². The lowest BCUT2D eigenvalue weighted by Crippen LogP contribution is -2.35. The van der Waals surface area contributed by atoms with Crippen LogP contribution in [0.5, 0.6) is 5.75 Å². The van der Waals surface area contributed by atoms with E-state index in [9.17, 15) is 9.90 Å². The Morgan fingerprint density at radius 2 is 1.82 bits per heavy atom. The molecule has 1 aliphatic carbocycles. The van der Waals surface area contributed by atoms with Gasteiger partial charge in [0.25, 0.3) is 5.91 Å². The Morgan fingerprint density at radius 3 is 2.64 bits per heavy atom. The van der Waals surface area contributed by atoms with Crippen molar-refractivity contribution in [2.75, 3.05) is 19.7 Å². The minimum atomic E-state index is -0.143. The lowest BCUT2D eigenvalue weighted by Gasteiger charge is -2.29. The van der Waals surface area contributed by atoms with E-state index in [1.165, 1.54) is 24.0 Å². The molecule has 0 radical (unpaired) electrons. The largest absolute Gasteiger partial charge is 0.484 e. The van der Waals surface area contributed by atoms with Crippen LogP contribution in [0, 0.1) is 0 Å². The molecule has 0 spiro atoms. The molecule has 2 N–H and O–H groups in total. The molecule has 3 aromatic rings. The van der Waals surface area contributed by atoms with Crippen molar-refractivity contribution < 1.29 is 19.1 Å². The molecular formula is C27H32N2O4. The van der Waals surface area contributed by atoms with Crippen LogP contribution in [0.3, 0.4) is 0 Å². The minimum Gasteiger partial charge on any atom is -0.484 e. The van der Waals surface area contributed by atoms with Gasteiger partial charge in [0.1, 0.15) is 17.1 Å². The van der Waals surface area contributed by atoms with Gasteiger partial charge in [-0.3, -0.25) is 9.69 Å². The fourth-order valence-corrected chi connectivity index (χ4v) is 4.83. The first-order chi connectivity index (χ1) is 16.1. The Morgan fingerprint density at radius 1 is 1.06 bits per heavy atom. The number of amides is 1. The van der Waals surface area contributed by atoms with Gasteiger partial charge in [-0.25, -0.2) is 0 Å². The molecular weight excluding hydrogens is 416 g/mol. The average molecular weight is 449 g/mol. The number of ether oxygens (including phenoxy) is 1. The maximum atomic E-state index is 12.3. The van der Waals surface area contributed by atoms with Crippen LogP contribution in [-0.2, 0) is 30.7 Å². The highest BCUT2D eigenvalue weighted by Gasteiger charge is 2.18. The van der Waals surface area contributed by atoms with Crippen LogP contribution in [0.4, 0.5) is 0 Å². The van der Waals surface area contributed by atoms with Gasteiger partial charge in [0.2, 0.25) is 0 Å². The number of hydrogen-bond donors (Lipinski definition) is 2. The summed E-state index contributed by atoms with van der Waals surface area (Å²) in [6, 6.07) is 14.2. The number of carbonyl (C=O) groups excluding carboxylic acids is 1. The Kier molecular flexibility index (Phi) is 6.65. The lowest BCUT2D eigenvalue weighted by atomic mass is 9.96. The third-order valence-electron chi connectivity index (χ3n) is 6.77. The molecule has 1 fully saturated rings. The molecule has 0 atom stereocenters. The molecule has 1 aromatic heterocycles. The summed E-state index contributed by atoms with van der Waals surface area (Å²) in [6.07, 6.45) is 5.99. The molecule has 33 heavy (non-hydrogen) atoms. The van der Waals surface area contributed by atoms with Gasteiger partial charge in [0.15, 0.2) is 6.61 Å². The monoisotopic (exact) mass is 448 g/mol. The van der Waals surface area contributed by atoms with Crippen LogP contribution in [-0.4, -0.2) is 41.7 Å². The van der Waals surface area contributed by atoms with E-state index in [0.29, 0.717) is 12.3 Å².